The van der Waals surface area contributed by atoms with Gasteiger partial charge in [0, 0.05) is 119 Å². The number of benzene rings is 19. The third kappa shape index (κ3) is 15.5. The van der Waals surface area contributed by atoms with Gasteiger partial charge in [0.15, 0.2) is 0 Å². The van der Waals surface area contributed by atoms with E-state index in [1.165, 1.54) is 182 Å². The van der Waals surface area contributed by atoms with Gasteiger partial charge in [0.1, 0.15) is 44.7 Å². The van der Waals surface area contributed by atoms with E-state index in [4.69, 9.17) is 17.7 Å². The number of rotatable bonds is 17. The maximum atomic E-state index is 6.40. The summed E-state index contributed by atoms with van der Waals surface area (Å²) in [5, 5.41) is 11.7. The highest BCUT2D eigenvalue weighted by Crippen LogP contribution is 2.66. The van der Waals surface area contributed by atoms with Gasteiger partial charge in [-0.15, -0.1) is 0 Å². The molecule has 0 saturated heterocycles. The summed E-state index contributed by atoms with van der Waals surface area (Å²) in [6.45, 7) is 0. The molecule has 19 aromatic carbocycles. The van der Waals surface area contributed by atoms with E-state index in [0.717, 1.165) is 192 Å². The van der Waals surface area contributed by atoms with E-state index in [0.29, 0.717) is 16.2 Å². The Morgan fingerprint density at radius 1 is 0.154 bits per heavy atom. The van der Waals surface area contributed by atoms with Crippen molar-refractivity contribution < 1.29 is 17.7 Å². The van der Waals surface area contributed by atoms with Gasteiger partial charge in [-0.05, 0) is 402 Å². The summed E-state index contributed by atoms with van der Waals surface area (Å²) in [5.41, 5.74) is 36.0. The third-order valence-corrected chi connectivity index (χ3v) is 36.9. The predicted octanol–water partition coefficient (Wildman–Crippen LogP) is 40.0. The molecule has 0 N–H and O–H groups in total. The van der Waals surface area contributed by atoms with Crippen molar-refractivity contribution in [2.24, 2.45) is 53.3 Å². The van der Waals surface area contributed by atoms with Crippen LogP contribution in [-0.4, -0.2) is 0 Å². The molecule has 4 aromatic heterocycles. The van der Waals surface area contributed by atoms with Gasteiger partial charge in [0.2, 0.25) is 0 Å². The van der Waals surface area contributed by atoms with E-state index >= 15 is 0 Å². The fourth-order valence-electron chi connectivity index (χ4n) is 31.7. The number of nitrogens with zero attached hydrogens (tertiary/aromatic N) is 3. The lowest BCUT2D eigenvalue weighted by Crippen LogP contribution is -2.48. The van der Waals surface area contributed by atoms with Crippen LogP contribution in [-0.2, 0) is 16.2 Å². The molecule has 0 spiro atoms. The largest absolute Gasteiger partial charge is 0.456 e. The van der Waals surface area contributed by atoms with Gasteiger partial charge in [-0.2, -0.15) is 0 Å². The summed E-state index contributed by atoms with van der Waals surface area (Å²) in [6.07, 6.45) is 25.6. The van der Waals surface area contributed by atoms with Gasteiger partial charge in [-0.1, -0.05) is 279 Å². The number of anilines is 9. The minimum Gasteiger partial charge on any atom is -0.456 e. The normalized spacial score (nSPS) is 22.6. The summed E-state index contributed by atoms with van der Waals surface area (Å²) in [6, 6.07) is 159. The standard InChI is InChI=1S/C50H41NO.C46H37NO2.C46H39NO/c1-2-10-42-36(8-1)9-7-13-43(42)37-16-20-39(21-17-37)51(41-24-25-46-45-12-4-6-15-48(45)52-49(46)29-41)40-22-18-38(19-23-40)44-11-3-5-14-47(44)50-30-33-26-34(31-50)28-35(27-33)32-50;1-4-10-41(46-26-29-21-30(27-46)23-31(22-29)28-46)36(7-1)32-13-15-33(16-14-32)47(34-17-19-39-37-8-2-5-11-42(37)48-44(39)24-34)35-18-20-40-38-9-3-6-12-43(38)49-45(40)25-35;1-2-8-34(9-3-1)35-14-18-37(19-15-35)47(39-22-23-42-41-11-5-7-13-44(41)48-45(42)27-39)38-20-16-36(17-21-38)40-10-4-6-12-43(40)46-28-31-24-32(29-46)26-33(25-31)30-46/h1-25,29,33-35H,26-28,30-32H2;1-20,24-25,29-31H,21-23,26-28H2;1-23,27,31-33H,24-26,28-30H2. The monoisotopic (exact) mass is 1930 g/mol. The molecule has 12 fully saturated rings. The first-order valence-corrected chi connectivity index (χ1v) is 54.9. The highest BCUT2D eigenvalue weighted by Gasteiger charge is 2.55. The summed E-state index contributed by atoms with van der Waals surface area (Å²) >= 11 is 0. The van der Waals surface area contributed by atoms with Crippen LogP contribution in [0.15, 0.2) is 454 Å². The lowest BCUT2D eigenvalue weighted by atomic mass is 9.47. The second-order valence-electron chi connectivity index (χ2n) is 46.0. The number of para-hydroxylation sites is 4. The molecule has 0 atom stereocenters. The summed E-state index contributed by atoms with van der Waals surface area (Å²) in [7, 11) is 0. The molecule has 0 radical (unpaired) electrons. The molecule has 23 aromatic rings. The van der Waals surface area contributed by atoms with E-state index in [1.807, 2.05) is 36.4 Å². The van der Waals surface area contributed by atoms with Crippen LogP contribution in [0.1, 0.15) is 132 Å². The fraction of sp³-hybridized carbons (Fsp3) is 0.211. The van der Waals surface area contributed by atoms with Gasteiger partial charge < -0.3 is 32.4 Å². The Morgan fingerprint density at radius 2 is 0.362 bits per heavy atom. The van der Waals surface area contributed by atoms with Crippen LogP contribution in [0.3, 0.4) is 0 Å². The molecular formula is C142H117N3O4. The van der Waals surface area contributed by atoms with Crippen molar-refractivity contribution in [2.45, 2.75) is 132 Å². The van der Waals surface area contributed by atoms with E-state index in [2.05, 4.69) is 415 Å². The first kappa shape index (κ1) is 88.3. The average molecular weight is 1930 g/mol. The Bertz CT molecular complexity index is 8870. The van der Waals surface area contributed by atoms with Crippen LogP contribution in [0.4, 0.5) is 51.2 Å². The van der Waals surface area contributed by atoms with Crippen molar-refractivity contribution in [3.63, 3.8) is 0 Å². The lowest BCUT2D eigenvalue weighted by Gasteiger charge is -2.57. The molecule has 12 bridgehead atoms. The second kappa shape index (κ2) is 35.7. The molecule has 0 amide bonds. The SMILES string of the molecule is c1ccc(-c2ccc(N(c3ccc(-c4ccccc4C45CC6CC(CC(C6)C4)C5)cc3)c3ccc4c(c3)oc3ccccc34)cc2)cc1.c1ccc(C23CC4CC(CC(C4)C2)C3)c(-c2ccc(N(c3ccc(-c4cccc5ccccc45)cc3)c3ccc4c(c3)oc3ccccc34)cc2)c1.c1ccc(C23CC4CC(CC(C4)C2)C3)c(-c2ccc(N(c3ccc4c(c3)oc3ccccc34)c3ccc4c(c3)oc3ccccc34)cc2)c1. The van der Waals surface area contributed by atoms with Gasteiger partial charge in [-0.25, -0.2) is 0 Å². The Hall–Kier alpha value is -16.0. The molecule has 0 aliphatic heterocycles. The van der Waals surface area contributed by atoms with Crippen molar-refractivity contribution in [3.05, 3.63) is 453 Å². The molecule has 35 rings (SSSR count). The van der Waals surface area contributed by atoms with Gasteiger partial charge in [-0.3, -0.25) is 0 Å². The molecule has 149 heavy (non-hydrogen) atoms. The Kier molecular flexibility index (Phi) is 21.2. The Labute approximate surface area is 870 Å². The van der Waals surface area contributed by atoms with Crippen LogP contribution >= 0.6 is 0 Å². The molecule has 12 aliphatic rings. The highest BCUT2D eigenvalue weighted by molar-refractivity contribution is 6.10. The van der Waals surface area contributed by atoms with Crippen LogP contribution in [0.25, 0.3) is 154 Å². The van der Waals surface area contributed by atoms with E-state index in [1.54, 1.807) is 16.7 Å². The van der Waals surface area contributed by atoms with Crippen molar-refractivity contribution in [2.75, 3.05) is 14.7 Å². The molecule has 4 heterocycles. The minimum absolute atomic E-state index is 0.347. The van der Waals surface area contributed by atoms with Crippen LogP contribution in [0.2, 0.25) is 0 Å². The van der Waals surface area contributed by atoms with Crippen LogP contribution < -0.4 is 14.7 Å². The number of hydrogen-bond donors (Lipinski definition) is 0. The zero-order valence-corrected chi connectivity index (χ0v) is 84.0. The highest BCUT2D eigenvalue weighted by atomic mass is 16.3. The number of hydrogen-bond acceptors (Lipinski definition) is 7. The van der Waals surface area contributed by atoms with Gasteiger partial charge in [0.05, 0.1) is 0 Å². The lowest BCUT2D eigenvalue weighted by molar-refractivity contribution is -0.00504. The zero-order chi connectivity index (χ0) is 98.0. The molecule has 7 heteroatoms. The topological polar surface area (TPSA) is 62.3 Å². The predicted molar refractivity (Wildman–Crippen MR) is 617 cm³/mol. The Morgan fingerprint density at radius 3 is 0.664 bits per heavy atom. The second-order valence-corrected chi connectivity index (χ2v) is 46.0. The molecular weight excluding hydrogens is 1810 g/mol. The number of fused-ring (bicyclic) bond motifs is 13. The zero-order valence-electron chi connectivity index (χ0n) is 84.0. The summed E-state index contributed by atoms with van der Waals surface area (Å²) < 4.78 is 25.5. The number of furan rings is 4. The van der Waals surface area contributed by atoms with Crippen LogP contribution in [0.5, 0.6) is 0 Å². The maximum absolute atomic E-state index is 6.40. The van der Waals surface area contributed by atoms with Crippen LogP contribution in [0, 0.1) is 53.3 Å². The van der Waals surface area contributed by atoms with Crippen molar-refractivity contribution >= 4 is 150 Å². The molecule has 7 nitrogen and oxygen atoms in total. The summed E-state index contributed by atoms with van der Waals surface area (Å²) in [5.74, 6) is 8.31. The minimum atomic E-state index is 0.347. The Balaban J connectivity index is 0.000000103. The first-order valence-electron chi connectivity index (χ1n) is 54.9. The third-order valence-electron chi connectivity index (χ3n) is 36.9. The van der Waals surface area contributed by atoms with Gasteiger partial charge >= 0.3 is 0 Å². The first-order chi connectivity index (χ1) is 73.5. The molecule has 12 aliphatic carbocycles. The molecule has 12 saturated carbocycles. The molecule has 0 unspecified atom stereocenters. The molecule has 724 valence electrons. The van der Waals surface area contributed by atoms with E-state index in [9.17, 15) is 0 Å². The van der Waals surface area contributed by atoms with E-state index in [-0.39, 0.29) is 0 Å². The van der Waals surface area contributed by atoms with Crippen molar-refractivity contribution in [1.82, 2.24) is 0 Å². The van der Waals surface area contributed by atoms with Crippen molar-refractivity contribution in [1.29, 1.82) is 0 Å². The smallest absolute Gasteiger partial charge is 0.137 e. The summed E-state index contributed by atoms with van der Waals surface area (Å²) in [4.78, 5) is 7.05. The maximum Gasteiger partial charge on any atom is 0.137 e. The average Bonchev–Trinajstić information content (AvgIpc) is 1.19. The van der Waals surface area contributed by atoms with Crippen molar-refractivity contribution in [3.8, 4) is 55.6 Å². The fourth-order valence-corrected chi connectivity index (χ4v) is 31.7. The van der Waals surface area contributed by atoms with Gasteiger partial charge in [0.25, 0.3) is 0 Å². The van der Waals surface area contributed by atoms with E-state index < -0.39 is 0 Å². The quantitative estimate of drug-likeness (QED) is 0.0900.